The number of benzene rings is 1. The molecule has 0 N–H and O–H groups in total. The van der Waals surface area contributed by atoms with Crippen LogP contribution in [-0.4, -0.2) is 23.1 Å². The van der Waals surface area contributed by atoms with Gasteiger partial charge in [0.1, 0.15) is 12.3 Å². The molecule has 0 spiro atoms. The van der Waals surface area contributed by atoms with E-state index < -0.39 is 0 Å². The number of aryl methyl sites for hydroxylation is 3. The third-order valence-electron chi connectivity index (χ3n) is 4.66. The van der Waals surface area contributed by atoms with Crippen LogP contribution in [0.15, 0.2) is 35.5 Å². The molecular weight excluding hydrogens is 284 g/mol. The fourth-order valence-electron chi connectivity index (χ4n) is 3.25. The summed E-state index contributed by atoms with van der Waals surface area (Å²) in [6.07, 6.45) is 2.11. The van der Waals surface area contributed by atoms with E-state index >= 15 is 0 Å². The smallest absolute Gasteiger partial charge is 0.233 e. The molecule has 0 saturated carbocycles. The molecule has 0 saturated heterocycles. The first-order valence-corrected chi connectivity index (χ1v) is 8.38. The van der Waals surface area contributed by atoms with Crippen molar-refractivity contribution in [1.29, 1.82) is 0 Å². The Kier molecular flexibility index (Phi) is 4.29. The van der Waals surface area contributed by atoms with Gasteiger partial charge in [0.2, 0.25) is 5.90 Å². The zero-order chi connectivity index (χ0) is 16.6. The first-order valence-electron chi connectivity index (χ1n) is 8.38. The van der Waals surface area contributed by atoms with Crippen LogP contribution in [0.4, 0.5) is 0 Å². The first kappa shape index (κ1) is 15.9. The summed E-state index contributed by atoms with van der Waals surface area (Å²) in [7, 11) is 0. The molecule has 1 aliphatic rings. The second-order valence-corrected chi connectivity index (χ2v) is 6.96. The van der Waals surface area contributed by atoms with Gasteiger partial charge in [0.15, 0.2) is 0 Å². The second-order valence-electron chi connectivity index (χ2n) is 6.96. The maximum absolute atomic E-state index is 5.86. The molecule has 2 aromatic rings. The van der Waals surface area contributed by atoms with Crippen LogP contribution in [-0.2, 0) is 11.3 Å². The highest BCUT2D eigenvalue weighted by Gasteiger charge is 2.24. The maximum Gasteiger partial charge on any atom is 0.233 e. The lowest BCUT2D eigenvalue weighted by atomic mass is 10.00. The quantitative estimate of drug-likeness (QED) is 0.828. The summed E-state index contributed by atoms with van der Waals surface area (Å²) >= 11 is 0. The molecule has 3 nitrogen and oxygen atoms in total. The summed E-state index contributed by atoms with van der Waals surface area (Å²) in [5, 5.41) is 0. The SMILES string of the molecule is Cc1cc(C)c(Cn2cccc2C2=N[C@H](C(C)C)CO2)c(C)c1. The molecular formula is C20H26N2O. The Bertz CT molecular complexity index is 717. The van der Waals surface area contributed by atoms with Gasteiger partial charge in [-0.1, -0.05) is 31.5 Å². The van der Waals surface area contributed by atoms with Crippen molar-refractivity contribution in [2.24, 2.45) is 10.9 Å². The predicted molar refractivity (Wildman–Crippen MR) is 95.3 cm³/mol. The van der Waals surface area contributed by atoms with Gasteiger partial charge in [-0.05, 0) is 55.5 Å². The fraction of sp³-hybridized carbons (Fsp3) is 0.450. The molecule has 1 aliphatic heterocycles. The molecule has 1 atom stereocenters. The molecule has 0 aliphatic carbocycles. The van der Waals surface area contributed by atoms with Crippen LogP contribution in [0.5, 0.6) is 0 Å². The first-order chi connectivity index (χ1) is 11.0. The summed E-state index contributed by atoms with van der Waals surface area (Å²) in [4.78, 5) is 4.76. The topological polar surface area (TPSA) is 26.5 Å². The average molecular weight is 310 g/mol. The van der Waals surface area contributed by atoms with Crippen LogP contribution in [0, 0.1) is 26.7 Å². The second kappa shape index (κ2) is 6.23. The normalized spacial score (nSPS) is 17.5. The Morgan fingerprint density at radius 3 is 2.52 bits per heavy atom. The summed E-state index contributed by atoms with van der Waals surface area (Å²) in [6, 6.07) is 8.95. The molecule has 3 heteroatoms. The standard InChI is InChI=1S/C20H26N2O/c1-13(2)18-12-23-20(21-18)19-7-6-8-22(19)11-17-15(4)9-14(3)10-16(17)5/h6-10,13,18H,11-12H2,1-5H3/t18-/m0/s1. The van der Waals surface area contributed by atoms with Crippen LogP contribution in [0.25, 0.3) is 0 Å². The Morgan fingerprint density at radius 2 is 1.91 bits per heavy atom. The van der Waals surface area contributed by atoms with Gasteiger partial charge >= 0.3 is 0 Å². The van der Waals surface area contributed by atoms with E-state index in [-0.39, 0.29) is 6.04 Å². The summed E-state index contributed by atoms with van der Waals surface area (Å²) in [5.74, 6) is 1.30. The highest BCUT2D eigenvalue weighted by atomic mass is 16.5. The van der Waals surface area contributed by atoms with Crippen molar-refractivity contribution in [1.82, 2.24) is 4.57 Å². The van der Waals surface area contributed by atoms with Crippen molar-refractivity contribution in [3.8, 4) is 0 Å². The van der Waals surface area contributed by atoms with Crippen molar-refractivity contribution in [2.45, 2.75) is 47.2 Å². The highest BCUT2D eigenvalue weighted by molar-refractivity contribution is 5.93. The molecule has 0 unspecified atom stereocenters. The molecule has 2 heterocycles. The van der Waals surface area contributed by atoms with Gasteiger partial charge in [0, 0.05) is 12.7 Å². The maximum atomic E-state index is 5.86. The van der Waals surface area contributed by atoms with Gasteiger partial charge in [0.25, 0.3) is 0 Å². The zero-order valence-corrected chi connectivity index (χ0v) is 14.8. The highest BCUT2D eigenvalue weighted by Crippen LogP contribution is 2.21. The van der Waals surface area contributed by atoms with E-state index in [1.807, 2.05) is 0 Å². The molecule has 23 heavy (non-hydrogen) atoms. The van der Waals surface area contributed by atoms with E-state index in [9.17, 15) is 0 Å². The van der Waals surface area contributed by atoms with Gasteiger partial charge in [0.05, 0.1) is 6.04 Å². The van der Waals surface area contributed by atoms with E-state index in [1.165, 1.54) is 22.3 Å². The minimum Gasteiger partial charge on any atom is -0.474 e. The van der Waals surface area contributed by atoms with Crippen molar-refractivity contribution >= 4 is 5.90 Å². The Hall–Kier alpha value is -2.03. The van der Waals surface area contributed by atoms with Crippen molar-refractivity contribution in [3.05, 3.63) is 58.4 Å². The van der Waals surface area contributed by atoms with Crippen molar-refractivity contribution < 1.29 is 4.74 Å². The van der Waals surface area contributed by atoms with E-state index in [0.717, 1.165) is 18.1 Å². The Morgan fingerprint density at radius 1 is 1.22 bits per heavy atom. The van der Waals surface area contributed by atoms with Gasteiger partial charge in [-0.25, -0.2) is 4.99 Å². The molecule has 0 radical (unpaired) electrons. The molecule has 3 rings (SSSR count). The number of rotatable bonds is 4. The van der Waals surface area contributed by atoms with Crippen LogP contribution in [0.1, 0.15) is 41.8 Å². The van der Waals surface area contributed by atoms with Crippen LogP contribution in [0.2, 0.25) is 0 Å². The predicted octanol–water partition coefficient (Wildman–Crippen LogP) is 4.26. The number of nitrogens with zero attached hydrogens (tertiary/aromatic N) is 2. The monoisotopic (exact) mass is 310 g/mol. The summed E-state index contributed by atoms with van der Waals surface area (Å²) in [6.45, 7) is 12.5. The van der Waals surface area contributed by atoms with E-state index in [4.69, 9.17) is 9.73 Å². The molecule has 1 aromatic heterocycles. The Labute approximate surface area is 139 Å². The number of aliphatic imine (C=N–C) groups is 1. The lowest BCUT2D eigenvalue weighted by Gasteiger charge is -2.14. The van der Waals surface area contributed by atoms with Crippen LogP contribution in [0.3, 0.4) is 0 Å². The molecule has 0 fully saturated rings. The molecule has 0 amide bonds. The van der Waals surface area contributed by atoms with E-state index in [2.05, 4.69) is 69.6 Å². The van der Waals surface area contributed by atoms with E-state index in [1.54, 1.807) is 0 Å². The van der Waals surface area contributed by atoms with Gasteiger partial charge in [-0.15, -0.1) is 0 Å². The zero-order valence-electron chi connectivity index (χ0n) is 14.8. The number of aromatic nitrogens is 1. The lowest BCUT2D eigenvalue weighted by Crippen LogP contribution is -2.13. The number of ether oxygens (including phenoxy) is 1. The van der Waals surface area contributed by atoms with Crippen molar-refractivity contribution in [3.63, 3.8) is 0 Å². The lowest BCUT2D eigenvalue weighted by molar-refractivity contribution is 0.290. The minimum absolute atomic E-state index is 0.274. The molecule has 122 valence electrons. The summed E-state index contributed by atoms with van der Waals surface area (Å²) < 4.78 is 8.10. The summed E-state index contributed by atoms with van der Waals surface area (Å²) in [5.41, 5.74) is 6.47. The third-order valence-corrected chi connectivity index (χ3v) is 4.66. The van der Waals surface area contributed by atoms with Crippen LogP contribution < -0.4 is 0 Å². The fourth-order valence-corrected chi connectivity index (χ4v) is 3.25. The molecule has 1 aromatic carbocycles. The number of hydrogen-bond donors (Lipinski definition) is 0. The van der Waals surface area contributed by atoms with E-state index in [0.29, 0.717) is 12.5 Å². The third kappa shape index (κ3) is 3.19. The number of hydrogen-bond acceptors (Lipinski definition) is 2. The minimum atomic E-state index is 0.274. The molecule has 0 bridgehead atoms. The van der Waals surface area contributed by atoms with Crippen molar-refractivity contribution in [2.75, 3.05) is 6.61 Å². The van der Waals surface area contributed by atoms with Gasteiger partial charge in [-0.2, -0.15) is 0 Å². The average Bonchev–Trinajstić information content (AvgIpc) is 3.11. The van der Waals surface area contributed by atoms with Gasteiger partial charge in [-0.3, -0.25) is 0 Å². The van der Waals surface area contributed by atoms with Crippen LogP contribution >= 0.6 is 0 Å². The van der Waals surface area contributed by atoms with Gasteiger partial charge < -0.3 is 9.30 Å². The Balaban J connectivity index is 1.90. The largest absolute Gasteiger partial charge is 0.474 e.